The SMILES string of the molecule is CC1CN(C)CCC1NS(=O)(=O)c1cnc(Cl)nc1. The minimum absolute atomic E-state index is 0.0339. The van der Waals surface area contributed by atoms with Crippen LogP contribution in [0.25, 0.3) is 0 Å². The molecule has 1 aromatic heterocycles. The fourth-order valence-electron chi connectivity index (χ4n) is 2.24. The first-order valence-electron chi connectivity index (χ1n) is 6.07. The lowest BCUT2D eigenvalue weighted by molar-refractivity contribution is 0.188. The molecule has 0 saturated carbocycles. The molecule has 1 aromatic rings. The predicted molar refractivity (Wildman–Crippen MR) is 72.4 cm³/mol. The molecule has 0 bridgehead atoms. The molecule has 1 N–H and O–H groups in total. The summed E-state index contributed by atoms with van der Waals surface area (Å²) in [6.07, 6.45) is 3.24. The first-order chi connectivity index (χ1) is 8.88. The Hall–Kier alpha value is -0.760. The molecule has 19 heavy (non-hydrogen) atoms. The lowest BCUT2D eigenvalue weighted by Gasteiger charge is -2.34. The number of aromatic nitrogens is 2. The number of nitrogens with one attached hydrogen (secondary N) is 1. The number of halogens is 1. The molecule has 1 aliphatic heterocycles. The largest absolute Gasteiger partial charge is 0.306 e. The van der Waals surface area contributed by atoms with Crippen molar-refractivity contribution in [2.45, 2.75) is 24.3 Å². The van der Waals surface area contributed by atoms with Crippen LogP contribution in [-0.2, 0) is 10.0 Å². The van der Waals surface area contributed by atoms with E-state index in [1.54, 1.807) is 0 Å². The van der Waals surface area contributed by atoms with Gasteiger partial charge in [0.2, 0.25) is 15.3 Å². The summed E-state index contributed by atoms with van der Waals surface area (Å²) < 4.78 is 27.1. The molecule has 1 aliphatic rings. The maximum absolute atomic E-state index is 12.2. The van der Waals surface area contributed by atoms with Gasteiger partial charge in [-0.1, -0.05) is 6.92 Å². The second-order valence-electron chi connectivity index (χ2n) is 4.94. The van der Waals surface area contributed by atoms with Crippen molar-refractivity contribution >= 4 is 21.6 Å². The Morgan fingerprint density at radius 1 is 1.42 bits per heavy atom. The zero-order chi connectivity index (χ0) is 14.0. The van der Waals surface area contributed by atoms with Gasteiger partial charge in [-0.2, -0.15) is 0 Å². The standard InChI is InChI=1S/C11H17ClN4O2S/c1-8-7-16(2)4-3-10(8)15-19(17,18)9-5-13-11(12)14-6-9/h5-6,8,10,15H,3-4,7H2,1-2H3. The summed E-state index contributed by atoms with van der Waals surface area (Å²) >= 11 is 5.55. The maximum atomic E-state index is 12.2. The van der Waals surface area contributed by atoms with E-state index < -0.39 is 10.0 Å². The highest BCUT2D eigenvalue weighted by molar-refractivity contribution is 7.89. The predicted octanol–water partition coefficient (Wildman–Crippen LogP) is 0.748. The monoisotopic (exact) mass is 304 g/mol. The molecule has 106 valence electrons. The Morgan fingerprint density at radius 3 is 2.63 bits per heavy atom. The van der Waals surface area contributed by atoms with Crippen LogP contribution in [-0.4, -0.2) is 49.5 Å². The van der Waals surface area contributed by atoms with Gasteiger partial charge in [0.25, 0.3) is 0 Å². The molecule has 0 radical (unpaired) electrons. The average molecular weight is 305 g/mol. The second kappa shape index (κ2) is 5.70. The van der Waals surface area contributed by atoms with Crippen molar-refractivity contribution in [2.75, 3.05) is 20.1 Å². The quantitative estimate of drug-likeness (QED) is 0.834. The Morgan fingerprint density at radius 2 is 2.05 bits per heavy atom. The van der Waals surface area contributed by atoms with E-state index in [0.29, 0.717) is 0 Å². The molecule has 0 amide bonds. The fourth-order valence-corrected chi connectivity index (χ4v) is 3.60. The average Bonchev–Trinajstić information content (AvgIpc) is 2.33. The van der Waals surface area contributed by atoms with Crippen molar-refractivity contribution in [1.82, 2.24) is 19.6 Å². The molecule has 1 fully saturated rings. The number of rotatable bonds is 3. The maximum Gasteiger partial charge on any atom is 0.243 e. The van der Waals surface area contributed by atoms with Gasteiger partial charge in [0, 0.05) is 12.6 Å². The van der Waals surface area contributed by atoms with Gasteiger partial charge in [-0.15, -0.1) is 0 Å². The minimum atomic E-state index is -3.58. The zero-order valence-corrected chi connectivity index (χ0v) is 12.4. The van der Waals surface area contributed by atoms with Gasteiger partial charge in [-0.05, 0) is 37.5 Å². The Bertz CT molecular complexity index is 534. The number of hydrogen-bond acceptors (Lipinski definition) is 5. The van der Waals surface area contributed by atoms with Crippen LogP contribution in [0.3, 0.4) is 0 Å². The molecule has 0 spiro atoms. The summed E-state index contributed by atoms with van der Waals surface area (Å²) in [6.45, 7) is 3.81. The Kier molecular flexibility index (Phi) is 4.39. The van der Waals surface area contributed by atoms with E-state index in [-0.39, 0.29) is 22.1 Å². The third-order valence-corrected chi connectivity index (χ3v) is 4.96. The van der Waals surface area contributed by atoms with Gasteiger partial charge >= 0.3 is 0 Å². The number of likely N-dealkylation sites (tertiary alicyclic amines) is 1. The van der Waals surface area contributed by atoms with Crippen LogP contribution in [0, 0.1) is 5.92 Å². The number of sulfonamides is 1. The number of hydrogen-bond donors (Lipinski definition) is 1. The molecule has 6 nitrogen and oxygen atoms in total. The van der Waals surface area contributed by atoms with E-state index in [2.05, 4.69) is 19.6 Å². The number of nitrogens with zero attached hydrogens (tertiary/aromatic N) is 3. The first kappa shape index (κ1) is 14.6. The third-order valence-electron chi connectivity index (χ3n) is 3.32. The molecule has 1 saturated heterocycles. The van der Waals surface area contributed by atoms with Crippen LogP contribution in [0.4, 0.5) is 0 Å². The van der Waals surface area contributed by atoms with Crippen molar-refractivity contribution in [3.63, 3.8) is 0 Å². The highest BCUT2D eigenvalue weighted by Gasteiger charge is 2.28. The Labute approximate surface area is 118 Å². The molecule has 2 atom stereocenters. The van der Waals surface area contributed by atoms with Crippen LogP contribution < -0.4 is 4.72 Å². The van der Waals surface area contributed by atoms with Crippen LogP contribution >= 0.6 is 11.6 Å². The van der Waals surface area contributed by atoms with E-state index >= 15 is 0 Å². The van der Waals surface area contributed by atoms with Crippen LogP contribution in [0.5, 0.6) is 0 Å². The molecule has 2 heterocycles. The van der Waals surface area contributed by atoms with Gasteiger partial charge in [0.05, 0.1) is 12.4 Å². The van der Waals surface area contributed by atoms with Crippen molar-refractivity contribution in [2.24, 2.45) is 5.92 Å². The number of piperidine rings is 1. The van der Waals surface area contributed by atoms with Gasteiger partial charge in [0.15, 0.2) is 0 Å². The van der Waals surface area contributed by atoms with Crippen molar-refractivity contribution in [1.29, 1.82) is 0 Å². The second-order valence-corrected chi connectivity index (χ2v) is 7.00. The fraction of sp³-hybridized carbons (Fsp3) is 0.636. The molecule has 2 rings (SSSR count). The van der Waals surface area contributed by atoms with E-state index in [1.165, 1.54) is 12.4 Å². The summed E-state index contributed by atoms with van der Waals surface area (Å²) in [4.78, 5) is 9.63. The highest BCUT2D eigenvalue weighted by atomic mass is 35.5. The van der Waals surface area contributed by atoms with Crippen molar-refractivity contribution in [3.05, 3.63) is 17.7 Å². The zero-order valence-electron chi connectivity index (χ0n) is 10.9. The third kappa shape index (κ3) is 3.62. The van der Waals surface area contributed by atoms with Gasteiger partial charge in [0.1, 0.15) is 4.90 Å². The Balaban J connectivity index is 2.11. The summed E-state index contributed by atoms with van der Waals surface area (Å²) in [5, 5.41) is 0.0339. The first-order valence-corrected chi connectivity index (χ1v) is 7.93. The van der Waals surface area contributed by atoms with E-state index in [1.807, 2.05) is 14.0 Å². The molecule has 8 heteroatoms. The van der Waals surface area contributed by atoms with E-state index in [0.717, 1.165) is 19.5 Å². The smallest absolute Gasteiger partial charge is 0.243 e. The molecule has 0 aromatic carbocycles. The highest BCUT2D eigenvalue weighted by Crippen LogP contribution is 2.18. The summed E-state index contributed by atoms with van der Waals surface area (Å²) in [5.41, 5.74) is 0. The van der Waals surface area contributed by atoms with Gasteiger partial charge < -0.3 is 4.90 Å². The normalized spacial score (nSPS) is 25.4. The van der Waals surface area contributed by atoms with Gasteiger partial charge in [-0.25, -0.2) is 23.1 Å². The van der Waals surface area contributed by atoms with Crippen LogP contribution in [0.15, 0.2) is 17.3 Å². The molecule has 0 aliphatic carbocycles. The van der Waals surface area contributed by atoms with Crippen LogP contribution in [0.1, 0.15) is 13.3 Å². The van der Waals surface area contributed by atoms with Crippen molar-refractivity contribution in [3.8, 4) is 0 Å². The minimum Gasteiger partial charge on any atom is -0.306 e. The van der Waals surface area contributed by atoms with Crippen molar-refractivity contribution < 1.29 is 8.42 Å². The molecular formula is C11H17ClN4O2S. The van der Waals surface area contributed by atoms with E-state index in [9.17, 15) is 8.42 Å². The molecular weight excluding hydrogens is 288 g/mol. The van der Waals surface area contributed by atoms with Crippen LogP contribution in [0.2, 0.25) is 5.28 Å². The lowest BCUT2D eigenvalue weighted by atomic mass is 9.95. The molecule has 2 unspecified atom stereocenters. The summed E-state index contributed by atoms with van der Waals surface area (Å²) in [7, 11) is -1.54. The van der Waals surface area contributed by atoms with Gasteiger partial charge in [-0.3, -0.25) is 0 Å². The van der Waals surface area contributed by atoms with E-state index in [4.69, 9.17) is 11.6 Å². The lowest BCUT2D eigenvalue weighted by Crippen LogP contribution is -2.48. The topological polar surface area (TPSA) is 75.2 Å². The summed E-state index contributed by atoms with van der Waals surface area (Å²) in [6, 6.07) is -0.0584. The summed E-state index contributed by atoms with van der Waals surface area (Å²) in [5.74, 6) is 0.266.